The number of aryl methyl sites for hydroxylation is 2. The molecule has 4 N–H and O–H groups in total. The average Bonchev–Trinajstić information content (AvgIpc) is 3.49. The second-order valence-electron chi connectivity index (χ2n) is 8.97. The summed E-state index contributed by atoms with van der Waals surface area (Å²) in [7, 11) is 0. The van der Waals surface area contributed by atoms with Crippen molar-refractivity contribution in [2.45, 2.75) is 83.3 Å². The van der Waals surface area contributed by atoms with Crippen molar-refractivity contribution in [3.05, 3.63) is 29.1 Å². The van der Waals surface area contributed by atoms with Crippen LogP contribution >= 0.6 is 0 Å². The second-order valence-corrected chi connectivity index (χ2v) is 8.97. The van der Waals surface area contributed by atoms with Crippen LogP contribution in [0.3, 0.4) is 0 Å². The van der Waals surface area contributed by atoms with Gasteiger partial charge in [-0.25, -0.2) is 4.79 Å². The van der Waals surface area contributed by atoms with Crippen LogP contribution in [0.25, 0.3) is 0 Å². The first-order valence-corrected chi connectivity index (χ1v) is 9.88. The van der Waals surface area contributed by atoms with Gasteiger partial charge in [-0.1, -0.05) is 26.2 Å². The largest absolute Gasteiger partial charge is 0.479 e. The first kappa shape index (κ1) is 19.3. The molecule has 2 atom stereocenters. The smallest absolute Gasteiger partial charge is 0.337 e. The van der Waals surface area contributed by atoms with E-state index in [2.05, 4.69) is 11.9 Å². The highest BCUT2D eigenvalue weighted by Gasteiger charge is 2.48. The molecule has 2 fully saturated rings. The molecule has 0 aliphatic heterocycles. The lowest BCUT2D eigenvalue weighted by atomic mass is 9.83. The Labute approximate surface area is 156 Å². The average molecular weight is 360 g/mol. The Hall–Kier alpha value is -1.46. The van der Waals surface area contributed by atoms with Crippen molar-refractivity contribution >= 4 is 5.97 Å². The minimum atomic E-state index is -1.97. The summed E-state index contributed by atoms with van der Waals surface area (Å²) in [6.07, 6.45) is 10.5. The van der Waals surface area contributed by atoms with Gasteiger partial charge in [0.2, 0.25) is 0 Å². The third-order valence-electron chi connectivity index (χ3n) is 6.28. The fourth-order valence-electron chi connectivity index (χ4n) is 3.73. The highest BCUT2D eigenvalue weighted by molar-refractivity contribution is 5.78. The Morgan fingerprint density at radius 1 is 1.46 bits per heavy atom. The van der Waals surface area contributed by atoms with E-state index in [0.29, 0.717) is 12.1 Å². The van der Waals surface area contributed by atoms with Gasteiger partial charge in [0.25, 0.3) is 0 Å². The summed E-state index contributed by atoms with van der Waals surface area (Å²) >= 11 is 0. The van der Waals surface area contributed by atoms with Gasteiger partial charge in [-0.05, 0) is 67.6 Å². The van der Waals surface area contributed by atoms with Gasteiger partial charge in [0.1, 0.15) is 0 Å². The predicted octanol–water partition coefficient (Wildman–Crippen LogP) is 3.00. The summed E-state index contributed by atoms with van der Waals surface area (Å²) < 4.78 is 0. The lowest BCUT2D eigenvalue weighted by Crippen LogP contribution is -2.56. The molecule has 0 saturated heterocycles. The van der Waals surface area contributed by atoms with Crippen LogP contribution in [0.5, 0.6) is 0 Å². The number of carbonyl (C=O) groups is 1. The zero-order valence-electron chi connectivity index (χ0n) is 16.0. The predicted molar refractivity (Wildman–Crippen MR) is 101 cm³/mol. The van der Waals surface area contributed by atoms with Crippen molar-refractivity contribution in [1.82, 2.24) is 4.98 Å². The fraction of sp³-hybridized carbons (Fsp3) is 0.714. The minimum absolute atomic E-state index is 0.0461. The van der Waals surface area contributed by atoms with Crippen molar-refractivity contribution in [1.29, 1.82) is 0 Å². The molecular weight excluding hydrogens is 328 g/mol. The maximum Gasteiger partial charge on any atom is 0.337 e. The van der Waals surface area contributed by atoms with Gasteiger partial charge < -0.3 is 15.9 Å². The van der Waals surface area contributed by atoms with Crippen LogP contribution in [-0.2, 0) is 17.6 Å². The first-order chi connectivity index (χ1) is 12.2. The highest BCUT2D eigenvalue weighted by Crippen LogP contribution is 2.49. The van der Waals surface area contributed by atoms with E-state index in [4.69, 9.17) is 5.73 Å². The molecule has 3 rings (SSSR count). The molecule has 26 heavy (non-hydrogen) atoms. The van der Waals surface area contributed by atoms with Gasteiger partial charge in [0, 0.05) is 24.4 Å². The van der Waals surface area contributed by atoms with Crippen molar-refractivity contribution in [2.24, 2.45) is 17.1 Å². The van der Waals surface area contributed by atoms with Gasteiger partial charge >= 0.3 is 5.97 Å². The SMILES string of the molecule is Cc1cnc(C[C@](O)(C(=O)O)[C@@H](N)CC2(C)CC2)cc1CCCC1CC1. The van der Waals surface area contributed by atoms with E-state index < -0.39 is 17.6 Å². The number of hydrogen-bond donors (Lipinski definition) is 3. The van der Waals surface area contributed by atoms with Crippen LogP contribution in [0, 0.1) is 18.3 Å². The van der Waals surface area contributed by atoms with E-state index >= 15 is 0 Å². The van der Waals surface area contributed by atoms with Crippen molar-refractivity contribution in [3.8, 4) is 0 Å². The van der Waals surface area contributed by atoms with Crippen molar-refractivity contribution in [3.63, 3.8) is 0 Å². The molecule has 0 unspecified atom stereocenters. The van der Waals surface area contributed by atoms with Crippen molar-refractivity contribution < 1.29 is 15.0 Å². The molecule has 5 heteroatoms. The molecule has 0 amide bonds. The molecule has 5 nitrogen and oxygen atoms in total. The van der Waals surface area contributed by atoms with Gasteiger partial charge in [-0.2, -0.15) is 0 Å². The van der Waals surface area contributed by atoms with Gasteiger partial charge in [0.15, 0.2) is 5.60 Å². The van der Waals surface area contributed by atoms with E-state index in [1.54, 1.807) is 6.20 Å². The third kappa shape index (κ3) is 4.63. The van der Waals surface area contributed by atoms with E-state index in [-0.39, 0.29) is 11.8 Å². The van der Waals surface area contributed by atoms with Crippen LogP contribution in [0.15, 0.2) is 12.3 Å². The number of aromatic nitrogens is 1. The topological polar surface area (TPSA) is 96.4 Å². The molecule has 0 bridgehead atoms. The van der Waals surface area contributed by atoms with E-state index in [0.717, 1.165) is 37.2 Å². The van der Waals surface area contributed by atoms with E-state index in [9.17, 15) is 15.0 Å². The number of carboxylic acid groups (broad SMARTS) is 1. The fourth-order valence-corrected chi connectivity index (χ4v) is 3.73. The van der Waals surface area contributed by atoms with Gasteiger partial charge in [0.05, 0.1) is 0 Å². The number of aliphatic carboxylic acids is 1. The summed E-state index contributed by atoms with van der Waals surface area (Å²) in [6.45, 7) is 4.13. The summed E-state index contributed by atoms with van der Waals surface area (Å²) in [5.41, 5.74) is 7.20. The zero-order chi connectivity index (χ0) is 18.9. The Bertz CT molecular complexity index is 667. The lowest BCUT2D eigenvalue weighted by Gasteiger charge is -2.31. The molecule has 2 saturated carbocycles. The molecule has 0 radical (unpaired) electrons. The van der Waals surface area contributed by atoms with Crippen molar-refractivity contribution in [2.75, 3.05) is 0 Å². The number of hydrogen-bond acceptors (Lipinski definition) is 4. The number of rotatable bonds is 10. The quantitative estimate of drug-likeness (QED) is 0.596. The highest BCUT2D eigenvalue weighted by atomic mass is 16.4. The molecule has 2 aliphatic rings. The van der Waals surface area contributed by atoms with Crippen LogP contribution in [0.2, 0.25) is 0 Å². The van der Waals surface area contributed by atoms with Crippen LogP contribution in [-0.4, -0.2) is 32.8 Å². The number of pyridine rings is 1. The van der Waals surface area contributed by atoms with E-state index in [1.807, 2.05) is 13.0 Å². The maximum atomic E-state index is 11.8. The molecule has 0 aromatic carbocycles. The second kappa shape index (κ2) is 7.28. The normalized spacial score (nSPS) is 21.8. The Kier molecular flexibility index (Phi) is 5.40. The third-order valence-corrected chi connectivity index (χ3v) is 6.28. The molecule has 1 heterocycles. The Balaban J connectivity index is 1.70. The van der Waals surface area contributed by atoms with Gasteiger partial charge in [-0.15, -0.1) is 0 Å². The number of nitrogens with two attached hydrogens (primary N) is 1. The molecular formula is C21H32N2O3. The molecule has 1 aromatic heterocycles. The molecule has 1 aromatic rings. The Morgan fingerprint density at radius 2 is 2.15 bits per heavy atom. The molecule has 2 aliphatic carbocycles. The molecule has 144 valence electrons. The maximum absolute atomic E-state index is 11.8. The summed E-state index contributed by atoms with van der Waals surface area (Å²) in [5.74, 6) is -0.345. The summed E-state index contributed by atoms with van der Waals surface area (Å²) in [5, 5.41) is 20.5. The first-order valence-electron chi connectivity index (χ1n) is 9.88. The van der Waals surface area contributed by atoms with E-state index in [1.165, 1.54) is 24.8 Å². The number of aliphatic hydroxyl groups is 1. The monoisotopic (exact) mass is 360 g/mol. The Morgan fingerprint density at radius 3 is 2.73 bits per heavy atom. The lowest BCUT2D eigenvalue weighted by molar-refractivity contribution is -0.161. The van der Waals surface area contributed by atoms with Crippen LogP contribution in [0.1, 0.15) is 68.7 Å². The summed E-state index contributed by atoms with van der Waals surface area (Å²) in [6, 6.07) is 1.16. The summed E-state index contributed by atoms with van der Waals surface area (Å²) in [4.78, 5) is 16.2. The van der Waals surface area contributed by atoms with Crippen LogP contribution < -0.4 is 5.73 Å². The molecule has 0 spiro atoms. The van der Waals surface area contributed by atoms with Crippen LogP contribution in [0.4, 0.5) is 0 Å². The minimum Gasteiger partial charge on any atom is -0.479 e. The standard InChI is InChI=1S/C21H32N2O3/c1-14-13-23-17(10-16(14)5-3-4-15-6-7-15)11-21(26,19(24)25)18(22)12-20(2)8-9-20/h10,13,15,18,26H,3-9,11-12,22H2,1-2H3,(H,24,25)/t18-,21+/m0/s1. The zero-order valence-corrected chi connectivity index (χ0v) is 16.0. The number of nitrogens with zero attached hydrogens (tertiary/aromatic N) is 1. The number of carboxylic acids is 1. The van der Waals surface area contributed by atoms with Gasteiger partial charge in [-0.3, -0.25) is 4.98 Å².